The van der Waals surface area contributed by atoms with Crippen molar-refractivity contribution in [3.05, 3.63) is 53.8 Å². The van der Waals surface area contributed by atoms with E-state index in [0.29, 0.717) is 37.6 Å². The highest BCUT2D eigenvalue weighted by atomic mass is 32.2. The van der Waals surface area contributed by atoms with E-state index in [4.69, 9.17) is 13.6 Å². The van der Waals surface area contributed by atoms with Crippen LogP contribution in [0, 0.1) is 6.92 Å². The number of morpholine rings is 1. The topological polar surface area (TPSA) is 128 Å². The molecule has 1 aromatic carbocycles. The van der Waals surface area contributed by atoms with Crippen LogP contribution in [0.2, 0.25) is 0 Å². The molecule has 1 amide bonds. The van der Waals surface area contributed by atoms with Gasteiger partial charge in [-0.2, -0.15) is 4.31 Å². The zero-order chi connectivity index (χ0) is 21.1. The van der Waals surface area contributed by atoms with E-state index < -0.39 is 15.9 Å². The zero-order valence-electron chi connectivity index (χ0n) is 16.2. The number of hydrogen-bond acceptors (Lipinski definition) is 8. The van der Waals surface area contributed by atoms with Crippen molar-refractivity contribution in [2.45, 2.75) is 18.4 Å². The largest absolute Gasteiger partial charge is 0.465 e. The normalized spacial score (nSPS) is 15.2. The average Bonchev–Trinajstić information content (AvgIpc) is 3.42. The number of furan rings is 1. The van der Waals surface area contributed by atoms with Crippen LogP contribution in [0.4, 0.5) is 0 Å². The molecule has 1 N–H and O–H groups in total. The summed E-state index contributed by atoms with van der Waals surface area (Å²) in [6.45, 7) is 3.41. The lowest BCUT2D eigenvalue weighted by Gasteiger charge is -2.26. The van der Waals surface area contributed by atoms with E-state index in [2.05, 4.69) is 15.5 Å². The Morgan fingerprint density at radius 3 is 2.47 bits per heavy atom. The highest BCUT2D eigenvalue weighted by Crippen LogP contribution is 2.23. The molecule has 0 bridgehead atoms. The van der Waals surface area contributed by atoms with Crippen LogP contribution < -0.4 is 5.32 Å². The number of carbonyl (C=O) groups is 1. The van der Waals surface area contributed by atoms with Gasteiger partial charge in [-0.15, -0.1) is 10.2 Å². The fourth-order valence-electron chi connectivity index (χ4n) is 2.96. The molecule has 158 valence electrons. The van der Waals surface area contributed by atoms with Gasteiger partial charge in [-0.1, -0.05) is 0 Å². The molecule has 0 aliphatic carbocycles. The van der Waals surface area contributed by atoms with Crippen LogP contribution in [0.15, 0.2) is 50.1 Å². The van der Waals surface area contributed by atoms with Crippen molar-refractivity contribution >= 4 is 15.9 Å². The van der Waals surface area contributed by atoms with Gasteiger partial charge in [0.05, 0.1) is 24.7 Å². The molecule has 0 unspecified atom stereocenters. The Hall–Kier alpha value is -3.02. The first-order valence-corrected chi connectivity index (χ1v) is 10.7. The monoisotopic (exact) mass is 432 g/mol. The van der Waals surface area contributed by atoms with Crippen molar-refractivity contribution in [1.82, 2.24) is 19.8 Å². The molecule has 1 saturated heterocycles. The maximum Gasteiger partial charge on any atom is 0.309 e. The Bertz CT molecular complexity index is 1130. The van der Waals surface area contributed by atoms with Gasteiger partial charge in [0, 0.05) is 18.7 Å². The number of nitrogens with zero attached hydrogens (tertiary/aromatic N) is 3. The quantitative estimate of drug-likeness (QED) is 0.622. The number of hydrogen-bond donors (Lipinski definition) is 1. The van der Waals surface area contributed by atoms with Gasteiger partial charge < -0.3 is 18.9 Å². The molecule has 3 aromatic rings. The van der Waals surface area contributed by atoms with Gasteiger partial charge in [0.2, 0.25) is 15.9 Å². The first kappa shape index (κ1) is 20.3. The number of aryl methyl sites for hydroxylation is 1. The molecule has 0 radical (unpaired) electrons. The summed E-state index contributed by atoms with van der Waals surface area (Å²) >= 11 is 0. The molecule has 0 atom stereocenters. The zero-order valence-corrected chi connectivity index (χ0v) is 17.0. The van der Waals surface area contributed by atoms with Crippen molar-refractivity contribution in [3.63, 3.8) is 0 Å². The van der Waals surface area contributed by atoms with Crippen molar-refractivity contribution in [3.8, 4) is 11.5 Å². The van der Waals surface area contributed by atoms with Crippen LogP contribution >= 0.6 is 0 Å². The molecular weight excluding hydrogens is 412 g/mol. The highest BCUT2D eigenvalue weighted by molar-refractivity contribution is 7.89. The minimum absolute atomic E-state index is 0.115. The Morgan fingerprint density at radius 2 is 1.80 bits per heavy atom. The lowest BCUT2D eigenvalue weighted by molar-refractivity contribution is 0.0730. The smallest absolute Gasteiger partial charge is 0.309 e. The summed E-state index contributed by atoms with van der Waals surface area (Å²) in [6.07, 6.45) is 0. The van der Waals surface area contributed by atoms with Crippen molar-refractivity contribution < 1.29 is 26.8 Å². The number of carbonyl (C=O) groups excluding carboxylic acids is 1. The molecule has 1 aliphatic heterocycles. The van der Waals surface area contributed by atoms with Gasteiger partial charge in [-0.05, 0) is 43.3 Å². The number of aromatic nitrogens is 2. The highest BCUT2D eigenvalue weighted by Gasteiger charge is 2.26. The molecule has 4 rings (SSSR count). The van der Waals surface area contributed by atoms with E-state index in [1.54, 1.807) is 24.3 Å². The van der Waals surface area contributed by atoms with Gasteiger partial charge in [0.1, 0.15) is 11.5 Å². The summed E-state index contributed by atoms with van der Waals surface area (Å²) in [5.74, 6) is 0.744. The van der Waals surface area contributed by atoms with Crippen molar-refractivity contribution in [1.29, 1.82) is 0 Å². The third kappa shape index (κ3) is 4.27. The second-order valence-corrected chi connectivity index (χ2v) is 8.59. The Kier molecular flexibility index (Phi) is 5.66. The molecule has 30 heavy (non-hydrogen) atoms. The van der Waals surface area contributed by atoms with E-state index >= 15 is 0 Å². The standard InChI is InChI=1S/C19H20N4O6S/c1-13-2-5-15(28-13)12-20-17(24)19-22-21-18(29-19)14-3-6-16(7-4-14)30(25,26)23-8-10-27-11-9-23/h2-7H,8-12H2,1H3,(H,20,24). The van der Waals surface area contributed by atoms with Crippen LogP contribution in [-0.2, 0) is 21.3 Å². The minimum Gasteiger partial charge on any atom is -0.465 e. The summed E-state index contributed by atoms with van der Waals surface area (Å²) in [5, 5.41) is 10.3. The fourth-order valence-corrected chi connectivity index (χ4v) is 4.37. The molecule has 3 heterocycles. The van der Waals surface area contributed by atoms with E-state index in [-0.39, 0.29) is 23.2 Å². The maximum absolute atomic E-state index is 12.7. The molecule has 11 heteroatoms. The lowest BCUT2D eigenvalue weighted by atomic mass is 10.2. The number of amides is 1. The molecular formula is C19H20N4O6S. The van der Waals surface area contributed by atoms with Gasteiger partial charge >= 0.3 is 11.8 Å². The van der Waals surface area contributed by atoms with E-state index in [0.717, 1.165) is 5.76 Å². The second kappa shape index (κ2) is 8.38. The van der Waals surface area contributed by atoms with Gasteiger partial charge in [0.15, 0.2) is 0 Å². The molecule has 2 aromatic heterocycles. The summed E-state index contributed by atoms with van der Waals surface area (Å²) in [5.41, 5.74) is 0.504. The number of rotatable bonds is 6. The van der Waals surface area contributed by atoms with Crippen LogP contribution in [-0.4, -0.2) is 55.1 Å². The first-order chi connectivity index (χ1) is 14.4. The third-order valence-corrected chi connectivity index (χ3v) is 6.46. The molecule has 10 nitrogen and oxygen atoms in total. The molecule has 0 saturated carbocycles. The lowest BCUT2D eigenvalue weighted by Crippen LogP contribution is -2.40. The Morgan fingerprint density at radius 1 is 1.07 bits per heavy atom. The Labute approximate surface area is 172 Å². The summed E-state index contributed by atoms with van der Waals surface area (Å²) in [4.78, 5) is 12.4. The SMILES string of the molecule is Cc1ccc(CNC(=O)c2nnc(-c3ccc(S(=O)(=O)N4CCOCC4)cc3)o2)o1. The van der Waals surface area contributed by atoms with Gasteiger partial charge in [-0.3, -0.25) is 4.79 Å². The second-order valence-electron chi connectivity index (χ2n) is 6.65. The Balaban J connectivity index is 1.43. The van der Waals surface area contributed by atoms with E-state index in [9.17, 15) is 13.2 Å². The number of nitrogens with one attached hydrogen (secondary N) is 1. The van der Waals surface area contributed by atoms with E-state index in [1.165, 1.54) is 16.4 Å². The number of sulfonamides is 1. The van der Waals surface area contributed by atoms with Crippen molar-refractivity contribution in [2.75, 3.05) is 26.3 Å². The predicted molar refractivity (Wildman–Crippen MR) is 104 cm³/mol. The van der Waals surface area contributed by atoms with Crippen LogP contribution in [0.1, 0.15) is 22.2 Å². The number of ether oxygens (including phenoxy) is 1. The molecule has 0 spiro atoms. The summed E-state index contributed by atoms with van der Waals surface area (Å²) in [6, 6.07) is 9.64. The van der Waals surface area contributed by atoms with Crippen molar-refractivity contribution in [2.24, 2.45) is 0 Å². The fraction of sp³-hybridized carbons (Fsp3) is 0.316. The molecule has 1 fully saturated rings. The minimum atomic E-state index is -3.59. The van der Waals surface area contributed by atoms with Gasteiger partial charge in [-0.25, -0.2) is 8.42 Å². The first-order valence-electron chi connectivity index (χ1n) is 9.29. The number of benzene rings is 1. The summed E-state index contributed by atoms with van der Waals surface area (Å²) in [7, 11) is -3.59. The average molecular weight is 432 g/mol. The van der Waals surface area contributed by atoms with E-state index in [1.807, 2.05) is 6.92 Å². The predicted octanol–water partition coefficient (Wildman–Crippen LogP) is 1.59. The maximum atomic E-state index is 12.7. The summed E-state index contributed by atoms with van der Waals surface area (Å²) < 4.78 is 42.8. The van der Waals surface area contributed by atoms with Crippen LogP contribution in [0.3, 0.4) is 0 Å². The van der Waals surface area contributed by atoms with Crippen LogP contribution in [0.25, 0.3) is 11.5 Å². The third-order valence-electron chi connectivity index (χ3n) is 4.55. The van der Waals surface area contributed by atoms with Gasteiger partial charge in [0.25, 0.3) is 0 Å². The molecule has 1 aliphatic rings. The van der Waals surface area contributed by atoms with Crippen LogP contribution in [0.5, 0.6) is 0 Å².